The van der Waals surface area contributed by atoms with Crippen LogP contribution in [0.1, 0.15) is 52.1 Å². The first-order chi connectivity index (χ1) is 12.0. The molecule has 1 N–H and O–H groups in total. The molecular weight excluding hydrogens is 314 g/mol. The van der Waals surface area contributed by atoms with Crippen LogP contribution in [0.4, 0.5) is 5.82 Å². The number of rotatable bonds is 5. The molecule has 3 heterocycles. The standard InChI is InChI=1S/C19H29N5O/c1-13(2)16-11-18(24-17(22-16)5-8-21-24)20-12-15-6-9-23(10-7-15)19(25)14(3)4/h5,8,11,13-15,20H,6-7,9-10,12H2,1-4H3. The van der Waals surface area contributed by atoms with E-state index in [-0.39, 0.29) is 11.8 Å². The largest absolute Gasteiger partial charge is 0.370 e. The lowest BCUT2D eigenvalue weighted by Crippen LogP contribution is -2.41. The molecule has 0 radical (unpaired) electrons. The molecule has 0 spiro atoms. The topological polar surface area (TPSA) is 62.5 Å². The van der Waals surface area contributed by atoms with Crippen molar-refractivity contribution in [2.24, 2.45) is 11.8 Å². The van der Waals surface area contributed by atoms with E-state index in [1.807, 2.05) is 29.3 Å². The smallest absolute Gasteiger partial charge is 0.225 e. The van der Waals surface area contributed by atoms with Gasteiger partial charge in [0.2, 0.25) is 5.91 Å². The summed E-state index contributed by atoms with van der Waals surface area (Å²) in [7, 11) is 0. The van der Waals surface area contributed by atoms with Crippen LogP contribution in [0.2, 0.25) is 0 Å². The van der Waals surface area contributed by atoms with Crippen LogP contribution in [-0.4, -0.2) is 45.0 Å². The van der Waals surface area contributed by atoms with Crippen molar-refractivity contribution in [3.63, 3.8) is 0 Å². The summed E-state index contributed by atoms with van der Waals surface area (Å²) in [5, 5.41) is 7.94. The van der Waals surface area contributed by atoms with Gasteiger partial charge in [-0.3, -0.25) is 4.79 Å². The first-order valence-corrected chi connectivity index (χ1v) is 9.33. The lowest BCUT2D eigenvalue weighted by atomic mass is 9.96. The minimum Gasteiger partial charge on any atom is -0.370 e. The molecule has 1 fully saturated rings. The number of carbonyl (C=O) groups excluding carboxylic acids is 1. The Balaban J connectivity index is 1.62. The predicted molar refractivity (Wildman–Crippen MR) is 99.7 cm³/mol. The number of amides is 1. The molecular formula is C19H29N5O. The monoisotopic (exact) mass is 343 g/mol. The maximum absolute atomic E-state index is 12.1. The van der Waals surface area contributed by atoms with Crippen LogP contribution in [0.15, 0.2) is 18.3 Å². The van der Waals surface area contributed by atoms with Gasteiger partial charge in [-0.1, -0.05) is 27.7 Å². The number of piperidine rings is 1. The molecule has 1 saturated heterocycles. The minimum atomic E-state index is 0.0917. The average molecular weight is 343 g/mol. The summed E-state index contributed by atoms with van der Waals surface area (Å²) in [6.45, 7) is 10.9. The highest BCUT2D eigenvalue weighted by Crippen LogP contribution is 2.22. The van der Waals surface area contributed by atoms with Crippen molar-refractivity contribution in [1.29, 1.82) is 0 Å². The van der Waals surface area contributed by atoms with Crippen LogP contribution in [0.5, 0.6) is 0 Å². The Morgan fingerprint density at radius 2 is 2.00 bits per heavy atom. The quantitative estimate of drug-likeness (QED) is 0.906. The molecule has 25 heavy (non-hydrogen) atoms. The van der Waals surface area contributed by atoms with Crippen molar-refractivity contribution in [3.05, 3.63) is 24.0 Å². The third kappa shape index (κ3) is 3.94. The molecule has 0 aromatic carbocycles. The molecule has 136 valence electrons. The van der Waals surface area contributed by atoms with Crippen LogP contribution in [0, 0.1) is 11.8 Å². The second kappa shape index (κ2) is 7.42. The fourth-order valence-corrected chi connectivity index (χ4v) is 3.33. The number of fused-ring (bicyclic) bond motifs is 1. The van der Waals surface area contributed by atoms with Gasteiger partial charge in [0.25, 0.3) is 0 Å². The van der Waals surface area contributed by atoms with Crippen molar-refractivity contribution < 1.29 is 4.79 Å². The Morgan fingerprint density at radius 3 is 2.64 bits per heavy atom. The zero-order valence-electron chi connectivity index (χ0n) is 15.7. The summed E-state index contributed by atoms with van der Waals surface area (Å²) in [6, 6.07) is 4.04. The van der Waals surface area contributed by atoms with Crippen molar-refractivity contribution in [1.82, 2.24) is 19.5 Å². The number of hydrogen-bond acceptors (Lipinski definition) is 4. The van der Waals surface area contributed by atoms with Crippen molar-refractivity contribution in [2.45, 2.75) is 46.5 Å². The molecule has 0 atom stereocenters. The van der Waals surface area contributed by atoms with Gasteiger partial charge in [0.1, 0.15) is 5.82 Å². The maximum Gasteiger partial charge on any atom is 0.225 e. The van der Waals surface area contributed by atoms with Crippen molar-refractivity contribution in [2.75, 3.05) is 25.0 Å². The molecule has 0 aliphatic carbocycles. The van der Waals surface area contributed by atoms with Crippen LogP contribution in [0.3, 0.4) is 0 Å². The Labute approximate surface area is 149 Å². The number of anilines is 1. The summed E-state index contributed by atoms with van der Waals surface area (Å²) in [6.07, 6.45) is 3.89. The van der Waals surface area contributed by atoms with E-state index in [1.54, 1.807) is 6.20 Å². The molecule has 0 bridgehead atoms. The Kier molecular flexibility index (Phi) is 5.25. The molecule has 1 amide bonds. The number of hydrogen-bond donors (Lipinski definition) is 1. The van der Waals surface area contributed by atoms with Gasteiger partial charge >= 0.3 is 0 Å². The molecule has 3 rings (SSSR count). The Bertz CT molecular complexity index is 728. The molecule has 0 saturated carbocycles. The molecule has 0 unspecified atom stereocenters. The van der Waals surface area contributed by atoms with Crippen LogP contribution >= 0.6 is 0 Å². The normalized spacial score (nSPS) is 16.2. The highest BCUT2D eigenvalue weighted by molar-refractivity contribution is 5.78. The van der Waals surface area contributed by atoms with Gasteiger partial charge in [-0.2, -0.15) is 9.61 Å². The van der Waals surface area contributed by atoms with E-state index in [0.717, 1.165) is 49.6 Å². The number of nitrogens with zero attached hydrogens (tertiary/aromatic N) is 4. The zero-order valence-corrected chi connectivity index (χ0v) is 15.7. The van der Waals surface area contributed by atoms with Gasteiger partial charge in [-0.05, 0) is 24.7 Å². The Morgan fingerprint density at radius 1 is 1.28 bits per heavy atom. The second-order valence-corrected chi connectivity index (χ2v) is 7.63. The maximum atomic E-state index is 12.1. The van der Waals surface area contributed by atoms with Gasteiger partial charge in [-0.15, -0.1) is 0 Å². The number of nitrogens with one attached hydrogen (secondary N) is 1. The fourth-order valence-electron chi connectivity index (χ4n) is 3.33. The second-order valence-electron chi connectivity index (χ2n) is 7.63. The van der Waals surface area contributed by atoms with Crippen molar-refractivity contribution in [3.8, 4) is 0 Å². The molecule has 6 heteroatoms. The first-order valence-electron chi connectivity index (χ1n) is 9.33. The van der Waals surface area contributed by atoms with Gasteiger partial charge in [0, 0.05) is 43.4 Å². The summed E-state index contributed by atoms with van der Waals surface area (Å²) in [5.74, 6) is 2.33. The fraction of sp³-hybridized carbons (Fsp3) is 0.632. The predicted octanol–water partition coefficient (Wildman–Crippen LogP) is 3.16. The Hall–Kier alpha value is -2.11. The van der Waals surface area contributed by atoms with Gasteiger partial charge < -0.3 is 10.2 Å². The van der Waals surface area contributed by atoms with Gasteiger partial charge in [-0.25, -0.2) is 4.98 Å². The SMILES string of the molecule is CC(C)C(=O)N1CCC(CNc2cc(C(C)C)nc3ccnn23)CC1. The van der Waals surface area contributed by atoms with Crippen molar-refractivity contribution >= 4 is 17.4 Å². The van der Waals surface area contributed by atoms with E-state index in [4.69, 9.17) is 0 Å². The molecule has 1 aliphatic heterocycles. The van der Waals surface area contributed by atoms with Crippen LogP contribution < -0.4 is 5.32 Å². The third-order valence-corrected chi connectivity index (χ3v) is 4.96. The summed E-state index contributed by atoms with van der Waals surface area (Å²) in [5.41, 5.74) is 1.96. The lowest BCUT2D eigenvalue weighted by molar-refractivity contribution is -0.135. The molecule has 2 aromatic heterocycles. The summed E-state index contributed by atoms with van der Waals surface area (Å²) in [4.78, 5) is 18.8. The lowest BCUT2D eigenvalue weighted by Gasteiger charge is -2.33. The van der Waals surface area contributed by atoms with Crippen LogP contribution in [0.25, 0.3) is 5.65 Å². The summed E-state index contributed by atoms with van der Waals surface area (Å²) >= 11 is 0. The third-order valence-electron chi connectivity index (χ3n) is 4.96. The first kappa shape index (κ1) is 17.7. The summed E-state index contributed by atoms with van der Waals surface area (Å²) < 4.78 is 1.86. The van der Waals surface area contributed by atoms with E-state index < -0.39 is 0 Å². The van der Waals surface area contributed by atoms with E-state index in [9.17, 15) is 4.79 Å². The minimum absolute atomic E-state index is 0.0917. The highest BCUT2D eigenvalue weighted by Gasteiger charge is 2.24. The van der Waals surface area contributed by atoms with E-state index in [1.165, 1.54) is 0 Å². The van der Waals surface area contributed by atoms with Gasteiger partial charge in [0.15, 0.2) is 5.65 Å². The molecule has 6 nitrogen and oxygen atoms in total. The molecule has 2 aromatic rings. The van der Waals surface area contributed by atoms with E-state index >= 15 is 0 Å². The van der Waals surface area contributed by atoms with Crippen LogP contribution in [-0.2, 0) is 4.79 Å². The molecule has 1 aliphatic rings. The van der Waals surface area contributed by atoms with Gasteiger partial charge in [0.05, 0.1) is 6.20 Å². The zero-order chi connectivity index (χ0) is 18.0. The average Bonchev–Trinajstić information content (AvgIpc) is 3.08. The number of likely N-dealkylation sites (tertiary alicyclic amines) is 1. The van der Waals surface area contributed by atoms with E-state index in [0.29, 0.717) is 11.8 Å². The highest BCUT2D eigenvalue weighted by atomic mass is 16.2. The number of aromatic nitrogens is 3. The number of carbonyl (C=O) groups is 1. The van der Waals surface area contributed by atoms with E-state index in [2.05, 4.69) is 35.3 Å².